The lowest BCUT2D eigenvalue weighted by molar-refractivity contribution is -0.119. The van der Waals surface area contributed by atoms with E-state index in [0.29, 0.717) is 10.2 Å². The minimum absolute atomic E-state index is 0.187. The number of hydrogen-bond acceptors (Lipinski definition) is 3. The van der Waals surface area contributed by atoms with Crippen LogP contribution in [0.2, 0.25) is 0 Å². The van der Waals surface area contributed by atoms with Gasteiger partial charge in [0.1, 0.15) is 12.4 Å². The molecule has 0 aliphatic rings. The molecule has 0 saturated heterocycles. The second kappa shape index (κ2) is 7.76. The molecule has 0 aromatic heterocycles. The number of hydrogen-bond donors (Lipinski definition) is 1. The molecule has 0 fully saturated rings. The van der Waals surface area contributed by atoms with Gasteiger partial charge in [-0.1, -0.05) is 24.3 Å². The van der Waals surface area contributed by atoms with E-state index in [1.807, 2.05) is 0 Å². The number of carbonyl (C=O) groups excluding carboxylic acids is 1. The van der Waals surface area contributed by atoms with E-state index in [9.17, 15) is 17.6 Å². The van der Waals surface area contributed by atoms with E-state index in [0.717, 1.165) is 16.1 Å². The summed E-state index contributed by atoms with van der Waals surface area (Å²) in [6.45, 7) is -0.157. The Balaban J connectivity index is 2.08. The van der Waals surface area contributed by atoms with Gasteiger partial charge in [-0.15, -0.1) is 0 Å². The summed E-state index contributed by atoms with van der Waals surface area (Å²) in [6, 6.07) is 12.5. The first-order valence-electron chi connectivity index (χ1n) is 7.01. The van der Waals surface area contributed by atoms with Crippen molar-refractivity contribution >= 4 is 37.5 Å². The average Bonchev–Trinajstić information content (AvgIpc) is 2.52. The van der Waals surface area contributed by atoms with Crippen LogP contribution in [-0.4, -0.2) is 27.1 Å². The largest absolute Gasteiger partial charge is 0.350 e. The number of benzene rings is 2. The normalized spacial score (nSPS) is 11.1. The quantitative estimate of drug-likeness (QED) is 0.789. The van der Waals surface area contributed by atoms with Crippen molar-refractivity contribution in [2.24, 2.45) is 0 Å². The molecule has 2 rings (SSSR count). The highest BCUT2D eigenvalue weighted by molar-refractivity contribution is 9.10. The number of nitrogens with zero attached hydrogens (tertiary/aromatic N) is 1. The van der Waals surface area contributed by atoms with Gasteiger partial charge in [0.25, 0.3) is 0 Å². The average molecular weight is 415 g/mol. The highest BCUT2D eigenvalue weighted by Crippen LogP contribution is 2.27. The Morgan fingerprint density at radius 2 is 1.79 bits per heavy atom. The Morgan fingerprint density at radius 1 is 1.17 bits per heavy atom. The summed E-state index contributed by atoms with van der Waals surface area (Å²) in [6.07, 6.45) is 1.04. The van der Waals surface area contributed by atoms with Crippen molar-refractivity contribution in [2.45, 2.75) is 6.54 Å². The van der Waals surface area contributed by atoms with Gasteiger partial charge in [0.2, 0.25) is 15.9 Å². The molecule has 0 unspecified atom stereocenters. The van der Waals surface area contributed by atoms with E-state index in [4.69, 9.17) is 0 Å². The molecule has 1 amide bonds. The number of halogens is 2. The second-order valence-electron chi connectivity index (χ2n) is 5.12. The third-order valence-corrected chi connectivity index (χ3v) is 5.01. The molecule has 8 heteroatoms. The predicted molar refractivity (Wildman–Crippen MR) is 94.6 cm³/mol. The van der Waals surface area contributed by atoms with Crippen molar-refractivity contribution in [2.75, 3.05) is 17.1 Å². The summed E-state index contributed by atoms with van der Waals surface area (Å²) in [5.74, 6) is -0.817. The van der Waals surface area contributed by atoms with Crippen LogP contribution in [0.5, 0.6) is 0 Å². The number of para-hydroxylation sites is 1. The minimum Gasteiger partial charge on any atom is -0.350 e. The molecule has 128 valence electrons. The van der Waals surface area contributed by atoms with E-state index in [1.54, 1.807) is 36.4 Å². The maximum absolute atomic E-state index is 12.8. The topological polar surface area (TPSA) is 66.5 Å². The lowest BCUT2D eigenvalue weighted by atomic mass is 10.2. The summed E-state index contributed by atoms with van der Waals surface area (Å²) in [5, 5.41) is 2.63. The summed E-state index contributed by atoms with van der Waals surface area (Å²) in [5.41, 5.74) is 1.11. The van der Waals surface area contributed by atoms with E-state index in [-0.39, 0.29) is 18.9 Å². The number of nitrogens with one attached hydrogen (secondary N) is 1. The monoisotopic (exact) mass is 414 g/mol. The number of anilines is 1. The van der Waals surface area contributed by atoms with Crippen molar-refractivity contribution in [1.29, 1.82) is 0 Å². The Hall–Kier alpha value is -1.93. The zero-order valence-corrected chi connectivity index (χ0v) is 15.3. The molecule has 0 saturated carbocycles. The van der Waals surface area contributed by atoms with Crippen molar-refractivity contribution in [3.8, 4) is 0 Å². The van der Waals surface area contributed by atoms with Gasteiger partial charge in [-0.3, -0.25) is 9.10 Å². The van der Waals surface area contributed by atoms with Crippen LogP contribution < -0.4 is 9.62 Å². The Bertz CT molecular complexity index is 825. The molecule has 0 heterocycles. The van der Waals surface area contributed by atoms with Crippen molar-refractivity contribution in [1.82, 2.24) is 5.32 Å². The smallest absolute Gasteiger partial charge is 0.241 e. The molecule has 0 atom stereocenters. The van der Waals surface area contributed by atoms with Gasteiger partial charge in [-0.2, -0.15) is 0 Å². The standard InChI is InChI=1S/C16H16BrFN2O3S/c1-24(22,23)20(15-5-3-2-4-14(15)17)11-16(21)19-10-12-6-8-13(18)9-7-12/h2-9H,10-11H2,1H3,(H,19,21). The second-order valence-corrected chi connectivity index (χ2v) is 7.89. The molecule has 0 spiro atoms. The molecular formula is C16H16BrFN2O3S. The van der Waals surface area contributed by atoms with Crippen molar-refractivity contribution in [3.63, 3.8) is 0 Å². The third kappa shape index (κ3) is 5.04. The number of sulfonamides is 1. The number of amides is 1. The SMILES string of the molecule is CS(=O)(=O)N(CC(=O)NCc1ccc(F)cc1)c1ccccc1Br. The maximum atomic E-state index is 12.8. The molecule has 5 nitrogen and oxygen atoms in total. The highest BCUT2D eigenvalue weighted by atomic mass is 79.9. The van der Waals surface area contributed by atoms with E-state index < -0.39 is 15.9 Å². The molecule has 0 bridgehead atoms. The highest BCUT2D eigenvalue weighted by Gasteiger charge is 2.22. The zero-order chi connectivity index (χ0) is 17.7. The number of carbonyl (C=O) groups is 1. The number of rotatable bonds is 6. The van der Waals surface area contributed by atoms with E-state index in [1.165, 1.54) is 12.1 Å². The van der Waals surface area contributed by atoms with Crippen LogP contribution in [0.4, 0.5) is 10.1 Å². The fraction of sp³-hybridized carbons (Fsp3) is 0.188. The molecule has 0 aliphatic carbocycles. The fourth-order valence-corrected chi connectivity index (χ4v) is 3.51. The van der Waals surface area contributed by atoms with Gasteiger partial charge in [0.15, 0.2) is 0 Å². The fourth-order valence-electron chi connectivity index (χ4n) is 2.02. The summed E-state index contributed by atoms with van der Waals surface area (Å²) in [4.78, 5) is 12.1. The maximum Gasteiger partial charge on any atom is 0.241 e. The van der Waals surface area contributed by atoms with Gasteiger partial charge >= 0.3 is 0 Å². The van der Waals surface area contributed by atoms with Gasteiger partial charge in [-0.05, 0) is 45.8 Å². The first-order chi connectivity index (χ1) is 11.3. The Kier molecular flexibility index (Phi) is 5.95. The summed E-state index contributed by atoms with van der Waals surface area (Å²) < 4.78 is 38.5. The van der Waals surface area contributed by atoms with Gasteiger partial charge < -0.3 is 5.32 Å². The molecule has 24 heavy (non-hydrogen) atoms. The van der Waals surface area contributed by atoms with Crippen molar-refractivity contribution in [3.05, 3.63) is 64.4 Å². The van der Waals surface area contributed by atoms with Crippen LogP contribution in [0.15, 0.2) is 53.0 Å². The van der Waals surface area contributed by atoms with Crippen LogP contribution in [-0.2, 0) is 21.4 Å². The van der Waals surface area contributed by atoms with E-state index in [2.05, 4.69) is 21.2 Å². The van der Waals surface area contributed by atoms with Gasteiger partial charge in [0, 0.05) is 11.0 Å². The van der Waals surface area contributed by atoms with Gasteiger partial charge in [-0.25, -0.2) is 12.8 Å². The minimum atomic E-state index is -3.63. The Labute approximate surface area is 148 Å². The predicted octanol–water partition coefficient (Wildman–Crippen LogP) is 2.67. The third-order valence-electron chi connectivity index (χ3n) is 3.21. The van der Waals surface area contributed by atoms with Crippen molar-refractivity contribution < 1.29 is 17.6 Å². The van der Waals surface area contributed by atoms with E-state index >= 15 is 0 Å². The zero-order valence-electron chi connectivity index (χ0n) is 12.9. The lowest BCUT2D eigenvalue weighted by Crippen LogP contribution is -2.40. The first-order valence-corrected chi connectivity index (χ1v) is 9.65. The van der Waals surface area contributed by atoms with Crippen LogP contribution >= 0.6 is 15.9 Å². The summed E-state index contributed by atoms with van der Waals surface area (Å²) in [7, 11) is -3.63. The van der Waals surface area contributed by atoms with Crippen LogP contribution in [0.3, 0.4) is 0 Å². The molecular weight excluding hydrogens is 399 g/mol. The van der Waals surface area contributed by atoms with Crippen LogP contribution in [0.1, 0.15) is 5.56 Å². The molecule has 1 N–H and O–H groups in total. The molecule has 2 aromatic rings. The summed E-state index contributed by atoms with van der Waals surface area (Å²) >= 11 is 3.29. The molecule has 2 aromatic carbocycles. The molecule has 0 radical (unpaired) electrons. The van der Waals surface area contributed by atoms with Gasteiger partial charge in [0.05, 0.1) is 11.9 Å². The Morgan fingerprint density at radius 3 is 2.38 bits per heavy atom. The van der Waals surface area contributed by atoms with Crippen LogP contribution in [0, 0.1) is 5.82 Å². The van der Waals surface area contributed by atoms with Crippen LogP contribution in [0.25, 0.3) is 0 Å². The first kappa shape index (κ1) is 18.4. The lowest BCUT2D eigenvalue weighted by Gasteiger charge is -2.23. The molecule has 0 aliphatic heterocycles.